The van der Waals surface area contributed by atoms with Gasteiger partial charge in [0.2, 0.25) is 0 Å². The van der Waals surface area contributed by atoms with Gasteiger partial charge in [0.05, 0.1) is 0 Å². The van der Waals surface area contributed by atoms with Crippen LogP contribution in [-0.4, -0.2) is 31.1 Å². The van der Waals surface area contributed by atoms with Gasteiger partial charge in [0.1, 0.15) is 0 Å². The molecule has 1 aliphatic rings. The third-order valence-electron chi connectivity index (χ3n) is 4.69. The third kappa shape index (κ3) is 4.07. The molecule has 112 valence electrons. The van der Waals surface area contributed by atoms with Crippen molar-refractivity contribution in [2.75, 3.05) is 26.2 Å². The van der Waals surface area contributed by atoms with Crippen molar-refractivity contribution in [3.8, 4) is 0 Å². The monoisotopic (exact) mass is 274 g/mol. The largest absolute Gasteiger partial charge is 0.316 e. The minimum Gasteiger partial charge on any atom is -0.316 e. The first-order valence-electron chi connectivity index (χ1n) is 8.17. The van der Waals surface area contributed by atoms with E-state index < -0.39 is 0 Å². The highest BCUT2D eigenvalue weighted by Crippen LogP contribution is 2.25. The zero-order valence-corrected chi connectivity index (χ0v) is 13.4. The fourth-order valence-electron chi connectivity index (χ4n) is 3.16. The van der Waals surface area contributed by atoms with E-state index in [1.807, 2.05) is 0 Å². The number of rotatable bonds is 6. The molecule has 2 rings (SSSR count). The number of hydrogen-bond donors (Lipinski definition) is 1. The van der Waals surface area contributed by atoms with Crippen molar-refractivity contribution in [2.45, 2.75) is 46.6 Å². The van der Waals surface area contributed by atoms with Crippen LogP contribution in [0.2, 0.25) is 0 Å². The van der Waals surface area contributed by atoms with E-state index in [4.69, 9.17) is 0 Å². The number of fused-ring (bicyclic) bond motifs is 1. The first-order chi connectivity index (χ1) is 9.67. The SMILES string of the molecule is CCNCC(C)(CC)CN1CCCc2ccccc2C1. The molecule has 1 atom stereocenters. The zero-order chi connectivity index (χ0) is 14.4. The van der Waals surface area contributed by atoms with Crippen molar-refractivity contribution < 1.29 is 0 Å². The Kier molecular flexibility index (Phi) is 5.62. The van der Waals surface area contributed by atoms with Gasteiger partial charge in [0, 0.05) is 19.6 Å². The maximum atomic E-state index is 3.54. The number of nitrogens with zero attached hydrogens (tertiary/aromatic N) is 1. The van der Waals surface area contributed by atoms with Gasteiger partial charge in [-0.05, 0) is 48.9 Å². The predicted octanol–water partition coefficient (Wildman–Crippen LogP) is 3.46. The zero-order valence-electron chi connectivity index (χ0n) is 13.4. The lowest BCUT2D eigenvalue weighted by molar-refractivity contribution is 0.151. The van der Waals surface area contributed by atoms with Gasteiger partial charge in [-0.2, -0.15) is 0 Å². The molecule has 1 aliphatic heterocycles. The molecule has 0 spiro atoms. The van der Waals surface area contributed by atoms with Crippen LogP contribution in [-0.2, 0) is 13.0 Å². The predicted molar refractivity (Wildman–Crippen MR) is 87.0 cm³/mol. The minimum atomic E-state index is 0.384. The fourth-order valence-corrected chi connectivity index (χ4v) is 3.16. The van der Waals surface area contributed by atoms with E-state index in [2.05, 4.69) is 55.3 Å². The summed E-state index contributed by atoms with van der Waals surface area (Å²) < 4.78 is 0. The molecule has 0 amide bonds. The Bertz CT molecular complexity index is 416. The molecule has 0 aromatic heterocycles. The smallest absolute Gasteiger partial charge is 0.0236 e. The maximum Gasteiger partial charge on any atom is 0.0236 e. The van der Waals surface area contributed by atoms with Crippen molar-refractivity contribution in [1.82, 2.24) is 10.2 Å². The van der Waals surface area contributed by atoms with Crippen LogP contribution in [0.25, 0.3) is 0 Å². The summed E-state index contributed by atoms with van der Waals surface area (Å²) in [4.78, 5) is 2.66. The Morgan fingerprint density at radius 2 is 1.95 bits per heavy atom. The second kappa shape index (κ2) is 7.24. The molecular weight excluding hydrogens is 244 g/mol. The van der Waals surface area contributed by atoms with E-state index in [1.165, 1.54) is 37.9 Å². The van der Waals surface area contributed by atoms with Gasteiger partial charge < -0.3 is 5.32 Å². The molecule has 0 radical (unpaired) electrons. The fraction of sp³-hybridized carbons (Fsp3) is 0.667. The molecule has 2 nitrogen and oxygen atoms in total. The van der Waals surface area contributed by atoms with Gasteiger partial charge >= 0.3 is 0 Å². The molecule has 1 unspecified atom stereocenters. The van der Waals surface area contributed by atoms with Crippen LogP contribution < -0.4 is 5.32 Å². The highest BCUT2D eigenvalue weighted by molar-refractivity contribution is 5.28. The van der Waals surface area contributed by atoms with Crippen LogP contribution in [0.1, 0.15) is 44.7 Å². The van der Waals surface area contributed by atoms with Crippen LogP contribution in [0.4, 0.5) is 0 Å². The molecule has 0 saturated heterocycles. The van der Waals surface area contributed by atoms with E-state index in [0.29, 0.717) is 5.41 Å². The second-order valence-electron chi connectivity index (χ2n) is 6.53. The molecule has 0 aliphatic carbocycles. The number of nitrogens with one attached hydrogen (secondary N) is 1. The van der Waals surface area contributed by atoms with E-state index in [1.54, 1.807) is 5.56 Å². The average Bonchev–Trinajstić information content (AvgIpc) is 2.66. The highest BCUT2D eigenvalue weighted by Gasteiger charge is 2.26. The van der Waals surface area contributed by atoms with Crippen molar-refractivity contribution in [1.29, 1.82) is 0 Å². The molecular formula is C18H30N2. The standard InChI is InChI=1S/C18H30N2/c1-4-18(3,14-19-5-2)15-20-12-8-11-16-9-6-7-10-17(16)13-20/h6-7,9-10,19H,4-5,8,11-15H2,1-3H3. The van der Waals surface area contributed by atoms with Gasteiger partial charge in [-0.25, -0.2) is 0 Å². The van der Waals surface area contributed by atoms with Crippen LogP contribution in [0.3, 0.4) is 0 Å². The Labute approximate surface area is 124 Å². The molecule has 2 heteroatoms. The first-order valence-corrected chi connectivity index (χ1v) is 8.17. The van der Waals surface area contributed by atoms with Gasteiger partial charge in [-0.3, -0.25) is 4.90 Å². The topological polar surface area (TPSA) is 15.3 Å². The lowest BCUT2D eigenvalue weighted by Gasteiger charge is -2.35. The van der Waals surface area contributed by atoms with Crippen LogP contribution in [0, 0.1) is 5.41 Å². The second-order valence-corrected chi connectivity index (χ2v) is 6.53. The normalized spacial score (nSPS) is 19.1. The summed E-state index contributed by atoms with van der Waals surface area (Å²) in [5, 5.41) is 3.54. The van der Waals surface area contributed by atoms with Crippen molar-refractivity contribution in [3.63, 3.8) is 0 Å². The summed E-state index contributed by atoms with van der Waals surface area (Å²) in [5.41, 5.74) is 3.47. The van der Waals surface area contributed by atoms with Crippen molar-refractivity contribution in [3.05, 3.63) is 35.4 Å². The number of benzene rings is 1. The lowest BCUT2D eigenvalue weighted by Crippen LogP contribution is -2.42. The quantitative estimate of drug-likeness (QED) is 0.854. The summed E-state index contributed by atoms with van der Waals surface area (Å²) in [6.07, 6.45) is 3.76. The summed E-state index contributed by atoms with van der Waals surface area (Å²) in [5.74, 6) is 0. The summed E-state index contributed by atoms with van der Waals surface area (Å²) >= 11 is 0. The van der Waals surface area contributed by atoms with E-state index >= 15 is 0 Å². The average molecular weight is 274 g/mol. The lowest BCUT2D eigenvalue weighted by atomic mass is 9.86. The van der Waals surface area contributed by atoms with Crippen molar-refractivity contribution >= 4 is 0 Å². The molecule has 0 bridgehead atoms. The van der Waals surface area contributed by atoms with Crippen LogP contribution in [0.15, 0.2) is 24.3 Å². The molecule has 1 heterocycles. The molecule has 1 N–H and O–H groups in total. The van der Waals surface area contributed by atoms with Crippen molar-refractivity contribution in [2.24, 2.45) is 5.41 Å². The minimum absolute atomic E-state index is 0.384. The molecule has 20 heavy (non-hydrogen) atoms. The van der Waals surface area contributed by atoms with E-state index in [0.717, 1.165) is 19.6 Å². The van der Waals surface area contributed by atoms with Gasteiger partial charge in [0.15, 0.2) is 0 Å². The summed E-state index contributed by atoms with van der Waals surface area (Å²) in [6, 6.07) is 8.97. The Morgan fingerprint density at radius 3 is 2.65 bits per heavy atom. The van der Waals surface area contributed by atoms with Crippen LogP contribution >= 0.6 is 0 Å². The Hall–Kier alpha value is -0.860. The van der Waals surface area contributed by atoms with Gasteiger partial charge in [0.25, 0.3) is 0 Å². The molecule has 1 aromatic carbocycles. The summed E-state index contributed by atoms with van der Waals surface area (Å²) in [7, 11) is 0. The number of hydrogen-bond acceptors (Lipinski definition) is 2. The van der Waals surface area contributed by atoms with Gasteiger partial charge in [-0.15, -0.1) is 0 Å². The molecule has 0 fully saturated rings. The molecule has 1 aromatic rings. The maximum absolute atomic E-state index is 3.54. The van der Waals surface area contributed by atoms with E-state index in [9.17, 15) is 0 Å². The third-order valence-corrected chi connectivity index (χ3v) is 4.69. The number of aryl methyl sites for hydroxylation is 1. The van der Waals surface area contributed by atoms with Crippen LogP contribution in [0.5, 0.6) is 0 Å². The molecule has 0 saturated carbocycles. The van der Waals surface area contributed by atoms with Gasteiger partial charge in [-0.1, -0.05) is 45.0 Å². The van der Waals surface area contributed by atoms with E-state index in [-0.39, 0.29) is 0 Å². The first kappa shape index (κ1) is 15.5. The highest BCUT2D eigenvalue weighted by atomic mass is 15.1. The Morgan fingerprint density at radius 1 is 1.20 bits per heavy atom. The Balaban J connectivity index is 2.02. The summed E-state index contributed by atoms with van der Waals surface area (Å²) in [6.45, 7) is 12.7.